The minimum atomic E-state index is -4.64. The van der Waals surface area contributed by atoms with Crippen molar-refractivity contribution in [1.82, 2.24) is 10.6 Å². The molecule has 7 heteroatoms. The van der Waals surface area contributed by atoms with E-state index < -0.39 is 24.7 Å². The lowest BCUT2D eigenvalue weighted by molar-refractivity contribution is -0.201. The Morgan fingerprint density at radius 2 is 2.08 bits per heavy atom. The Morgan fingerprint density at radius 3 is 2.46 bits per heavy atom. The molecule has 0 aliphatic carbocycles. The normalized spacial score (nSPS) is 13.9. The number of carbonyl (C=O) groups excluding carboxylic acids is 1. The average Bonchev–Trinajstić information content (AvgIpc) is 2.02. The molecule has 1 amide bonds. The molecule has 13 heavy (non-hydrogen) atoms. The molecule has 0 aromatic rings. The van der Waals surface area contributed by atoms with Crippen molar-refractivity contribution >= 4 is 5.91 Å². The highest BCUT2D eigenvalue weighted by atomic mass is 19.4. The van der Waals surface area contributed by atoms with E-state index in [0.29, 0.717) is 0 Å². The van der Waals surface area contributed by atoms with Crippen molar-refractivity contribution < 1.29 is 23.1 Å². The molecule has 0 aliphatic heterocycles. The van der Waals surface area contributed by atoms with Gasteiger partial charge < -0.3 is 15.7 Å². The summed E-state index contributed by atoms with van der Waals surface area (Å²) in [5.74, 6) is -0.436. The van der Waals surface area contributed by atoms with E-state index in [1.165, 1.54) is 7.05 Å². The summed E-state index contributed by atoms with van der Waals surface area (Å²) in [5, 5.41) is 12.8. The molecule has 0 spiro atoms. The minimum absolute atomic E-state index is 0.246. The van der Waals surface area contributed by atoms with E-state index in [-0.39, 0.29) is 6.54 Å². The summed E-state index contributed by atoms with van der Waals surface area (Å²) in [6, 6.07) is 0. The highest BCUT2D eigenvalue weighted by molar-refractivity contribution is 5.77. The topological polar surface area (TPSA) is 61.4 Å². The number of nitrogens with one attached hydrogen (secondary N) is 2. The van der Waals surface area contributed by atoms with Crippen LogP contribution >= 0.6 is 0 Å². The second-order valence-corrected chi connectivity index (χ2v) is 2.36. The molecule has 0 bridgehead atoms. The van der Waals surface area contributed by atoms with Gasteiger partial charge in [-0.3, -0.25) is 4.79 Å². The van der Waals surface area contributed by atoms with E-state index in [2.05, 4.69) is 10.6 Å². The lowest BCUT2D eigenvalue weighted by Gasteiger charge is -2.14. The highest BCUT2D eigenvalue weighted by Gasteiger charge is 2.37. The zero-order valence-electron chi connectivity index (χ0n) is 6.98. The monoisotopic (exact) mass is 200 g/mol. The van der Waals surface area contributed by atoms with Crippen LogP contribution in [0.15, 0.2) is 0 Å². The molecule has 3 N–H and O–H groups in total. The molecule has 1 atom stereocenters. The lowest BCUT2D eigenvalue weighted by Crippen LogP contribution is -2.41. The number of aliphatic hydroxyl groups is 1. The number of carbonyl (C=O) groups is 1. The van der Waals surface area contributed by atoms with Crippen molar-refractivity contribution in [3.8, 4) is 0 Å². The Balaban J connectivity index is 3.60. The van der Waals surface area contributed by atoms with Crippen molar-refractivity contribution in [2.24, 2.45) is 0 Å². The predicted molar refractivity (Wildman–Crippen MR) is 39.0 cm³/mol. The number of hydrogen-bond acceptors (Lipinski definition) is 3. The van der Waals surface area contributed by atoms with Crippen LogP contribution in [-0.2, 0) is 4.79 Å². The van der Waals surface area contributed by atoms with E-state index in [9.17, 15) is 18.0 Å². The zero-order chi connectivity index (χ0) is 10.5. The van der Waals surface area contributed by atoms with Gasteiger partial charge in [0.2, 0.25) is 5.91 Å². The summed E-state index contributed by atoms with van der Waals surface area (Å²) in [5.41, 5.74) is 0. The lowest BCUT2D eigenvalue weighted by atomic mass is 10.3. The van der Waals surface area contributed by atoms with Gasteiger partial charge in [-0.05, 0) is 0 Å². The number of rotatable bonds is 4. The molecule has 1 unspecified atom stereocenters. The van der Waals surface area contributed by atoms with Crippen molar-refractivity contribution in [1.29, 1.82) is 0 Å². The second kappa shape index (κ2) is 5.03. The average molecular weight is 200 g/mol. The number of amides is 1. The molecule has 4 nitrogen and oxygen atoms in total. The third-order valence-electron chi connectivity index (χ3n) is 1.28. The molecule has 0 heterocycles. The van der Waals surface area contributed by atoms with Crippen LogP contribution in [0.5, 0.6) is 0 Å². The Kier molecular flexibility index (Phi) is 4.71. The van der Waals surface area contributed by atoms with E-state index in [1.807, 2.05) is 0 Å². The van der Waals surface area contributed by atoms with Gasteiger partial charge in [-0.25, -0.2) is 0 Å². The quantitative estimate of drug-likeness (QED) is 0.559. The molecule has 0 radical (unpaired) electrons. The molecule has 0 rings (SSSR count). The van der Waals surface area contributed by atoms with E-state index >= 15 is 0 Å². The molecular formula is C6H11F3N2O2. The smallest absolute Gasteiger partial charge is 0.382 e. The maximum Gasteiger partial charge on any atom is 0.415 e. The maximum absolute atomic E-state index is 11.7. The Hall–Kier alpha value is -0.820. The van der Waals surface area contributed by atoms with Gasteiger partial charge in [-0.15, -0.1) is 0 Å². The Bertz CT molecular complexity index is 172. The van der Waals surface area contributed by atoms with Crippen LogP contribution < -0.4 is 10.6 Å². The second-order valence-electron chi connectivity index (χ2n) is 2.36. The van der Waals surface area contributed by atoms with Crippen LogP contribution in [0, 0.1) is 0 Å². The Labute approximate surface area is 73.1 Å². The van der Waals surface area contributed by atoms with Crippen molar-refractivity contribution in [2.75, 3.05) is 20.1 Å². The van der Waals surface area contributed by atoms with Crippen molar-refractivity contribution in [3.05, 3.63) is 0 Å². The Morgan fingerprint density at radius 1 is 1.54 bits per heavy atom. The van der Waals surface area contributed by atoms with E-state index in [4.69, 9.17) is 5.11 Å². The fourth-order valence-electron chi connectivity index (χ4n) is 0.527. The molecule has 0 aromatic carbocycles. The van der Waals surface area contributed by atoms with Gasteiger partial charge in [-0.2, -0.15) is 13.2 Å². The summed E-state index contributed by atoms with van der Waals surface area (Å²) in [6.45, 7) is -0.930. The standard InChI is InChI=1S/C6H11F3N2O2/c1-10-5(13)3-11-2-4(12)6(7,8)9/h4,11-12H,2-3H2,1H3,(H,10,13). The number of aliphatic hydroxyl groups excluding tert-OH is 1. The van der Waals surface area contributed by atoms with Crippen molar-refractivity contribution in [2.45, 2.75) is 12.3 Å². The third kappa shape index (κ3) is 5.42. The first-order valence-electron chi connectivity index (χ1n) is 3.54. The van der Waals surface area contributed by atoms with Crippen LogP contribution in [0.4, 0.5) is 13.2 Å². The summed E-state index contributed by atoms with van der Waals surface area (Å²) < 4.78 is 35.0. The number of alkyl halides is 3. The van der Waals surface area contributed by atoms with Crippen LogP contribution in [0.2, 0.25) is 0 Å². The van der Waals surface area contributed by atoms with Gasteiger partial charge in [-0.1, -0.05) is 0 Å². The van der Waals surface area contributed by atoms with Crippen LogP contribution in [0.3, 0.4) is 0 Å². The first-order chi connectivity index (χ1) is 5.88. The summed E-state index contributed by atoms with van der Waals surface area (Å²) in [4.78, 5) is 10.5. The third-order valence-corrected chi connectivity index (χ3v) is 1.28. The maximum atomic E-state index is 11.7. The van der Waals surface area contributed by atoms with Gasteiger partial charge in [0.1, 0.15) is 0 Å². The van der Waals surface area contributed by atoms with Crippen LogP contribution in [0.25, 0.3) is 0 Å². The molecular weight excluding hydrogens is 189 g/mol. The van der Waals surface area contributed by atoms with Crippen LogP contribution in [0.1, 0.15) is 0 Å². The fraction of sp³-hybridized carbons (Fsp3) is 0.833. The summed E-state index contributed by atoms with van der Waals surface area (Å²) in [6.07, 6.45) is -7.08. The first kappa shape index (κ1) is 12.2. The van der Waals surface area contributed by atoms with E-state index in [1.54, 1.807) is 0 Å². The molecule has 0 saturated carbocycles. The predicted octanol–water partition coefficient (Wildman–Crippen LogP) is -0.755. The van der Waals surface area contributed by atoms with Gasteiger partial charge in [0.05, 0.1) is 6.54 Å². The number of hydrogen-bond donors (Lipinski definition) is 3. The fourth-order valence-corrected chi connectivity index (χ4v) is 0.527. The largest absolute Gasteiger partial charge is 0.415 e. The summed E-state index contributed by atoms with van der Waals surface area (Å²) >= 11 is 0. The molecule has 78 valence electrons. The molecule has 0 aliphatic rings. The minimum Gasteiger partial charge on any atom is -0.382 e. The number of halogens is 3. The van der Waals surface area contributed by atoms with E-state index in [0.717, 1.165) is 0 Å². The van der Waals surface area contributed by atoms with Gasteiger partial charge in [0.25, 0.3) is 0 Å². The SMILES string of the molecule is CNC(=O)CNCC(O)C(F)(F)F. The number of likely N-dealkylation sites (N-methyl/N-ethyl adjacent to an activating group) is 1. The highest BCUT2D eigenvalue weighted by Crippen LogP contribution is 2.18. The molecule has 0 saturated heterocycles. The van der Waals surface area contributed by atoms with Crippen LogP contribution in [-0.4, -0.2) is 43.4 Å². The molecule has 0 fully saturated rings. The molecule has 0 aromatic heterocycles. The van der Waals surface area contributed by atoms with Crippen molar-refractivity contribution in [3.63, 3.8) is 0 Å². The van der Waals surface area contributed by atoms with Gasteiger partial charge >= 0.3 is 6.18 Å². The van der Waals surface area contributed by atoms with Gasteiger partial charge in [0, 0.05) is 13.6 Å². The first-order valence-corrected chi connectivity index (χ1v) is 3.54. The van der Waals surface area contributed by atoms with Gasteiger partial charge in [0.15, 0.2) is 6.10 Å². The summed E-state index contributed by atoms with van der Waals surface area (Å²) in [7, 11) is 1.37. The zero-order valence-corrected chi connectivity index (χ0v) is 6.98.